The van der Waals surface area contributed by atoms with Crippen molar-refractivity contribution in [1.82, 2.24) is 15.2 Å². The summed E-state index contributed by atoms with van der Waals surface area (Å²) in [5.74, 6) is 0.103. The maximum absolute atomic E-state index is 12.7. The summed E-state index contributed by atoms with van der Waals surface area (Å²) in [5, 5.41) is 6.79. The molecule has 0 bridgehead atoms. The van der Waals surface area contributed by atoms with E-state index in [4.69, 9.17) is 0 Å². The third-order valence-electron chi connectivity index (χ3n) is 4.25. The molecule has 1 aliphatic rings. The summed E-state index contributed by atoms with van der Waals surface area (Å²) in [7, 11) is 0. The van der Waals surface area contributed by atoms with Crippen LogP contribution >= 0.6 is 11.3 Å². The summed E-state index contributed by atoms with van der Waals surface area (Å²) in [5.41, 5.74) is 3.00. The second-order valence-electron chi connectivity index (χ2n) is 6.04. The normalized spacial score (nSPS) is 17.0. The molecule has 0 aliphatic carbocycles. The number of aromatic nitrogens is 1. The predicted octanol–water partition coefficient (Wildman–Crippen LogP) is 2.69. The van der Waals surface area contributed by atoms with Crippen LogP contribution in [0.1, 0.15) is 42.6 Å². The van der Waals surface area contributed by atoms with Gasteiger partial charge in [0.1, 0.15) is 0 Å². The fourth-order valence-corrected chi connectivity index (χ4v) is 3.77. The van der Waals surface area contributed by atoms with Crippen molar-refractivity contribution in [3.05, 3.63) is 52.0 Å². The van der Waals surface area contributed by atoms with Crippen LogP contribution in [0.15, 0.2) is 35.2 Å². The van der Waals surface area contributed by atoms with Gasteiger partial charge in [-0.2, -0.15) is 11.3 Å². The number of pyridine rings is 1. The molecule has 1 atom stereocenters. The van der Waals surface area contributed by atoms with Gasteiger partial charge in [0.15, 0.2) is 0 Å². The van der Waals surface area contributed by atoms with Crippen molar-refractivity contribution in [3.8, 4) is 0 Å². The lowest BCUT2D eigenvalue weighted by Gasteiger charge is -2.25. The van der Waals surface area contributed by atoms with Crippen molar-refractivity contribution < 1.29 is 9.59 Å². The Morgan fingerprint density at radius 3 is 3.04 bits per heavy atom. The fraction of sp³-hybridized carbons (Fsp3) is 0.389. The Hall–Kier alpha value is -2.21. The van der Waals surface area contributed by atoms with E-state index in [1.54, 1.807) is 17.5 Å². The van der Waals surface area contributed by atoms with Gasteiger partial charge in [-0.25, -0.2) is 0 Å². The molecule has 3 heterocycles. The molecule has 6 heteroatoms. The third kappa shape index (κ3) is 4.00. The Labute approximate surface area is 145 Å². The van der Waals surface area contributed by atoms with E-state index in [9.17, 15) is 9.59 Å². The van der Waals surface area contributed by atoms with Gasteiger partial charge in [0, 0.05) is 19.7 Å². The smallest absolute Gasteiger partial charge is 0.227 e. The SMILES string of the molecule is CC(=O)NCc1cc(C2CCCN2C(=O)Cc2ccsc2)ccn1. The van der Waals surface area contributed by atoms with Gasteiger partial charge in [0.25, 0.3) is 0 Å². The van der Waals surface area contributed by atoms with Crippen LogP contribution in [0.25, 0.3) is 0 Å². The first-order chi connectivity index (χ1) is 11.6. The molecule has 126 valence electrons. The summed E-state index contributed by atoms with van der Waals surface area (Å²) in [4.78, 5) is 30.0. The van der Waals surface area contributed by atoms with Crippen molar-refractivity contribution >= 4 is 23.2 Å². The van der Waals surface area contributed by atoms with Gasteiger partial charge in [0.05, 0.1) is 24.7 Å². The Morgan fingerprint density at radius 1 is 1.42 bits per heavy atom. The van der Waals surface area contributed by atoms with Crippen LogP contribution in [0.4, 0.5) is 0 Å². The lowest BCUT2D eigenvalue weighted by molar-refractivity contribution is -0.131. The first-order valence-electron chi connectivity index (χ1n) is 8.13. The minimum absolute atomic E-state index is 0.0735. The number of thiophene rings is 1. The average molecular weight is 343 g/mol. The molecule has 0 radical (unpaired) electrons. The van der Waals surface area contributed by atoms with Gasteiger partial charge < -0.3 is 10.2 Å². The summed E-state index contributed by atoms with van der Waals surface area (Å²) in [6.45, 7) is 2.71. The minimum atomic E-state index is -0.0735. The molecule has 1 saturated heterocycles. The number of hydrogen-bond acceptors (Lipinski definition) is 4. The fourth-order valence-electron chi connectivity index (χ4n) is 3.10. The monoisotopic (exact) mass is 343 g/mol. The Bertz CT molecular complexity index is 715. The first kappa shape index (κ1) is 16.6. The van der Waals surface area contributed by atoms with Crippen molar-refractivity contribution in [2.24, 2.45) is 0 Å². The Morgan fingerprint density at radius 2 is 2.29 bits per heavy atom. The standard InChI is InChI=1S/C18H21N3O2S/c1-13(22)20-11-16-10-15(4-6-19-16)17-3-2-7-21(17)18(23)9-14-5-8-24-12-14/h4-6,8,10,12,17H,2-3,7,9,11H2,1H3,(H,20,22). The van der Waals surface area contributed by atoms with E-state index < -0.39 is 0 Å². The second-order valence-corrected chi connectivity index (χ2v) is 6.82. The average Bonchev–Trinajstić information content (AvgIpc) is 3.24. The largest absolute Gasteiger partial charge is 0.351 e. The number of carbonyl (C=O) groups excluding carboxylic acids is 2. The van der Waals surface area contributed by atoms with Crippen molar-refractivity contribution in [3.63, 3.8) is 0 Å². The molecule has 5 nitrogen and oxygen atoms in total. The van der Waals surface area contributed by atoms with Crippen LogP contribution < -0.4 is 5.32 Å². The molecular weight excluding hydrogens is 322 g/mol. The Kier molecular flexibility index (Phi) is 5.25. The summed E-state index contributed by atoms with van der Waals surface area (Å²) < 4.78 is 0. The summed E-state index contributed by atoms with van der Waals surface area (Å²) in [6.07, 6.45) is 4.21. The molecule has 2 aromatic heterocycles. The predicted molar refractivity (Wildman–Crippen MR) is 93.5 cm³/mol. The van der Waals surface area contributed by atoms with Crippen LogP contribution in [-0.4, -0.2) is 28.2 Å². The van der Waals surface area contributed by atoms with E-state index in [0.717, 1.165) is 36.2 Å². The number of likely N-dealkylation sites (tertiary alicyclic amines) is 1. The zero-order valence-electron chi connectivity index (χ0n) is 13.7. The quantitative estimate of drug-likeness (QED) is 0.908. The molecule has 0 aromatic carbocycles. The van der Waals surface area contributed by atoms with Gasteiger partial charge in [-0.05, 0) is 52.9 Å². The van der Waals surface area contributed by atoms with Crippen LogP contribution in [0, 0.1) is 0 Å². The highest BCUT2D eigenvalue weighted by atomic mass is 32.1. The third-order valence-corrected chi connectivity index (χ3v) is 4.98. The highest BCUT2D eigenvalue weighted by molar-refractivity contribution is 7.08. The lowest BCUT2D eigenvalue weighted by atomic mass is 10.0. The number of nitrogens with zero attached hydrogens (tertiary/aromatic N) is 2. The molecule has 3 rings (SSSR count). The molecule has 1 N–H and O–H groups in total. The molecule has 1 aliphatic heterocycles. The van der Waals surface area contributed by atoms with Gasteiger partial charge >= 0.3 is 0 Å². The zero-order valence-corrected chi connectivity index (χ0v) is 14.5. The molecular formula is C18H21N3O2S. The second kappa shape index (κ2) is 7.57. The van der Waals surface area contributed by atoms with E-state index in [0.29, 0.717) is 13.0 Å². The van der Waals surface area contributed by atoms with E-state index in [-0.39, 0.29) is 17.9 Å². The number of amides is 2. The topological polar surface area (TPSA) is 62.3 Å². The van der Waals surface area contributed by atoms with Crippen LogP contribution in [0.5, 0.6) is 0 Å². The number of rotatable bonds is 5. The molecule has 1 fully saturated rings. The van der Waals surface area contributed by atoms with Gasteiger partial charge in [-0.15, -0.1) is 0 Å². The molecule has 2 aromatic rings. The zero-order chi connectivity index (χ0) is 16.9. The van der Waals surface area contributed by atoms with Crippen LogP contribution in [0.3, 0.4) is 0 Å². The van der Waals surface area contributed by atoms with E-state index in [1.807, 2.05) is 33.9 Å². The molecule has 1 unspecified atom stereocenters. The number of carbonyl (C=O) groups is 2. The van der Waals surface area contributed by atoms with Crippen molar-refractivity contribution in [2.75, 3.05) is 6.54 Å². The maximum atomic E-state index is 12.7. The highest BCUT2D eigenvalue weighted by Gasteiger charge is 2.30. The van der Waals surface area contributed by atoms with E-state index >= 15 is 0 Å². The van der Waals surface area contributed by atoms with Crippen molar-refractivity contribution in [2.45, 2.75) is 38.8 Å². The highest BCUT2D eigenvalue weighted by Crippen LogP contribution is 2.32. The molecule has 2 amide bonds. The minimum Gasteiger partial charge on any atom is -0.351 e. The molecule has 0 saturated carbocycles. The van der Waals surface area contributed by atoms with Gasteiger partial charge in [-0.3, -0.25) is 14.6 Å². The van der Waals surface area contributed by atoms with Crippen LogP contribution in [0.2, 0.25) is 0 Å². The van der Waals surface area contributed by atoms with E-state index in [1.165, 1.54) is 6.92 Å². The lowest BCUT2D eigenvalue weighted by Crippen LogP contribution is -2.31. The summed E-state index contributed by atoms with van der Waals surface area (Å²) in [6, 6.07) is 6.08. The molecule has 24 heavy (non-hydrogen) atoms. The van der Waals surface area contributed by atoms with Crippen molar-refractivity contribution in [1.29, 1.82) is 0 Å². The Balaban J connectivity index is 1.71. The maximum Gasteiger partial charge on any atom is 0.227 e. The van der Waals surface area contributed by atoms with Gasteiger partial charge in [0.2, 0.25) is 11.8 Å². The first-order valence-corrected chi connectivity index (χ1v) is 9.07. The molecule has 0 spiro atoms. The number of nitrogens with one attached hydrogen (secondary N) is 1. The van der Waals surface area contributed by atoms with Crippen LogP contribution in [-0.2, 0) is 22.6 Å². The van der Waals surface area contributed by atoms with Gasteiger partial charge in [-0.1, -0.05) is 0 Å². The number of hydrogen-bond donors (Lipinski definition) is 1. The summed E-state index contributed by atoms with van der Waals surface area (Å²) >= 11 is 1.62. The van der Waals surface area contributed by atoms with E-state index in [2.05, 4.69) is 10.3 Å².